The van der Waals surface area contributed by atoms with E-state index < -0.39 is 26.0 Å². The van der Waals surface area contributed by atoms with Crippen molar-refractivity contribution in [1.29, 1.82) is 0 Å². The molecule has 0 unspecified atom stereocenters. The van der Waals surface area contributed by atoms with Crippen LogP contribution in [0.4, 0.5) is 0 Å². The summed E-state index contributed by atoms with van der Waals surface area (Å²) in [4.78, 5) is 14.2. The summed E-state index contributed by atoms with van der Waals surface area (Å²) in [5.41, 5.74) is 2.04. The van der Waals surface area contributed by atoms with Gasteiger partial charge in [0.15, 0.2) is 0 Å². The van der Waals surface area contributed by atoms with Crippen LogP contribution in [0.3, 0.4) is 0 Å². The fourth-order valence-corrected chi connectivity index (χ4v) is 5.28. The van der Waals surface area contributed by atoms with Crippen molar-refractivity contribution < 1.29 is 21.6 Å². The molecular weight excluding hydrogens is 422 g/mol. The number of benzene rings is 1. The van der Waals surface area contributed by atoms with E-state index in [9.17, 15) is 21.6 Å². The summed E-state index contributed by atoms with van der Waals surface area (Å²) in [7, 11) is -7.50. The van der Waals surface area contributed by atoms with Crippen molar-refractivity contribution in [2.75, 3.05) is 6.54 Å². The molecule has 0 spiro atoms. The van der Waals surface area contributed by atoms with E-state index in [0.29, 0.717) is 9.21 Å². The summed E-state index contributed by atoms with van der Waals surface area (Å²) in [5, 5.41) is 0. The van der Waals surface area contributed by atoms with Crippen LogP contribution in [-0.2, 0) is 30.6 Å². The predicted molar refractivity (Wildman–Crippen MR) is 99.5 cm³/mol. The fraction of sp³-hybridized carbons (Fsp3) is 0.214. The van der Waals surface area contributed by atoms with Gasteiger partial charge in [-0.15, -0.1) is 16.2 Å². The molecule has 2 rings (SSSR count). The zero-order chi connectivity index (χ0) is 19.2. The lowest BCUT2D eigenvalue weighted by atomic mass is 10.4. The highest BCUT2D eigenvalue weighted by Gasteiger charge is 2.16. The number of amides is 1. The predicted octanol–water partition coefficient (Wildman–Crippen LogP) is 1.22. The van der Waals surface area contributed by atoms with Crippen molar-refractivity contribution in [3.05, 3.63) is 51.7 Å². The minimum atomic E-state index is -3.78. The second-order valence-corrected chi connectivity index (χ2v) is 10.4. The van der Waals surface area contributed by atoms with E-state index in [1.807, 2.05) is 10.3 Å². The third-order valence-electron chi connectivity index (χ3n) is 3.00. The molecule has 0 radical (unpaired) electrons. The van der Waals surface area contributed by atoms with E-state index in [0.717, 1.165) is 11.3 Å². The minimum Gasteiger partial charge on any atom is -0.278 e. The number of hydrogen-bond acceptors (Lipinski definition) is 6. The number of carbonyl (C=O) groups is 1. The SMILES string of the molecule is O=C(CCNS(=O)(=O)c1ccccc1)NNS(=O)(=O)Cc1ccc(Cl)s1. The van der Waals surface area contributed by atoms with E-state index in [1.54, 1.807) is 30.3 Å². The van der Waals surface area contributed by atoms with Crippen LogP contribution in [0, 0.1) is 0 Å². The van der Waals surface area contributed by atoms with Gasteiger partial charge in [0.25, 0.3) is 0 Å². The van der Waals surface area contributed by atoms with Crippen molar-refractivity contribution in [2.24, 2.45) is 0 Å². The number of nitrogens with one attached hydrogen (secondary N) is 3. The van der Waals surface area contributed by atoms with Crippen LogP contribution >= 0.6 is 22.9 Å². The molecule has 0 saturated heterocycles. The minimum absolute atomic E-state index is 0.0794. The zero-order valence-corrected chi connectivity index (χ0v) is 16.5. The van der Waals surface area contributed by atoms with Crippen LogP contribution in [0.2, 0.25) is 4.34 Å². The molecule has 0 aliphatic rings. The van der Waals surface area contributed by atoms with Gasteiger partial charge in [0.05, 0.1) is 9.23 Å². The van der Waals surface area contributed by atoms with Crippen LogP contribution in [0.5, 0.6) is 0 Å². The Balaban J connectivity index is 1.76. The molecule has 3 N–H and O–H groups in total. The maximum Gasteiger partial charge on any atom is 0.240 e. The van der Waals surface area contributed by atoms with Gasteiger partial charge in [0, 0.05) is 17.8 Å². The molecule has 0 bridgehead atoms. The summed E-state index contributed by atoms with van der Waals surface area (Å²) in [5.74, 6) is -1.00. The van der Waals surface area contributed by atoms with Crippen LogP contribution in [0.25, 0.3) is 0 Å². The second-order valence-electron chi connectivity index (χ2n) is 5.08. The molecule has 0 aliphatic carbocycles. The van der Waals surface area contributed by atoms with Gasteiger partial charge in [-0.1, -0.05) is 29.8 Å². The number of hydrogen-bond donors (Lipinski definition) is 3. The van der Waals surface area contributed by atoms with Gasteiger partial charge in [-0.05, 0) is 24.3 Å². The molecule has 1 aromatic carbocycles. The zero-order valence-electron chi connectivity index (χ0n) is 13.3. The molecule has 8 nitrogen and oxygen atoms in total. The van der Waals surface area contributed by atoms with Crippen molar-refractivity contribution in [1.82, 2.24) is 15.0 Å². The Hall–Kier alpha value is -1.50. The molecule has 1 heterocycles. The normalized spacial score (nSPS) is 12.0. The molecule has 26 heavy (non-hydrogen) atoms. The summed E-state index contributed by atoms with van der Waals surface area (Å²) in [6, 6.07) is 10.8. The standard InChI is InChI=1S/C14H16ClN3O5S3/c15-13-7-6-11(24-13)10-25(20,21)18-17-14(19)8-9-16-26(22,23)12-4-2-1-3-5-12/h1-7,16,18H,8-10H2,(H,17,19). The molecular formula is C14H16ClN3O5S3. The summed E-state index contributed by atoms with van der Waals surface area (Å²) >= 11 is 6.85. The first-order valence-electron chi connectivity index (χ1n) is 7.25. The Morgan fingerprint density at radius 1 is 1.04 bits per heavy atom. The lowest BCUT2D eigenvalue weighted by Crippen LogP contribution is -2.43. The van der Waals surface area contributed by atoms with Crippen molar-refractivity contribution in [3.8, 4) is 0 Å². The Labute approximate surface area is 160 Å². The number of thiophene rings is 1. The molecule has 1 amide bonds. The number of carbonyl (C=O) groups excluding carboxylic acids is 1. The highest BCUT2D eigenvalue weighted by molar-refractivity contribution is 7.89. The number of hydrazine groups is 1. The Bertz CT molecular complexity index is 959. The first-order chi connectivity index (χ1) is 12.2. The molecule has 0 atom stereocenters. The first kappa shape index (κ1) is 20.8. The first-order valence-corrected chi connectivity index (χ1v) is 11.6. The smallest absolute Gasteiger partial charge is 0.240 e. The van der Waals surface area contributed by atoms with Crippen LogP contribution in [0.15, 0.2) is 47.4 Å². The van der Waals surface area contributed by atoms with Gasteiger partial charge in [0.2, 0.25) is 26.0 Å². The topological polar surface area (TPSA) is 121 Å². The lowest BCUT2D eigenvalue weighted by molar-refractivity contribution is -0.121. The molecule has 0 saturated carbocycles. The van der Waals surface area contributed by atoms with Gasteiger partial charge >= 0.3 is 0 Å². The van der Waals surface area contributed by atoms with E-state index >= 15 is 0 Å². The van der Waals surface area contributed by atoms with Crippen molar-refractivity contribution in [2.45, 2.75) is 17.1 Å². The Morgan fingerprint density at radius 3 is 2.35 bits per heavy atom. The Morgan fingerprint density at radius 2 is 1.73 bits per heavy atom. The van der Waals surface area contributed by atoms with Gasteiger partial charge in [-0.3, -0.25) is 10.2 Å². The fourth-order valence-electron chi connectivity index (χ4n) is 1.83. The van der Waals surface area contributed by atoms with E-state index in [4.69, 9.17) is 11.6 Å². The number of rotatable bonds is 9. The van der Waals surface area contributed by atoms with Gasteiger partial charge in [-0.25, -0.2) is 21.6 Å². The number of sulfonamides is 2. The largest absolute Gasteiger partial charge is 0.278 e. The molecule has 0 fully saturated rings. The third-order valence-corrected chi connectivity index (χ3v) is 7.00. The molecule has 1 aromatic heterocycles. The van der Waals surface area contributed by atoms with Crippen LogP contribution in [-0.4, -0.2) is 29.3 Å². The molecule has 2 aromatic rings. The summed E-state index contributed by atoms with van der Waals surface area (Å²) in [6.07, 6.45) is -0.237. The van der Waals surface area contributed by atoms with E-state index in [-0.39, 0.29) is 23.6 Å². The average Bonchev–Trinajstić information content (AvgIpc) is 2.98. The Kier molecular flexibility index (Phi) is 7.15. The highest BCUT2D eigenvalue weighted by Crippen LogP contribution is 2.22. The quantitative estimate of drug-likeness (QED) is 0.509. The van der Waals surface area contributed by atoms with Crippen LogP contribution < -0.4 is 15.0 Å². The molecule has 142 valence electrons. The molecule has 12 heteroatoms. The van der Waals surface area contributed by atoms with Gasteiger partial charge in [-0.2, -0.15) is 0 Å². The van der Waals surface area contributed by atoms with Crippen LogP contribution in [0.1, 0.15) is 11.3 Å². The van der Waals surface area contributed by atoms with Crippen molar-refractivity contribution >= 4 is 48.9 Å². The average molecular weight is 438 g/mol. The maximum atomic E-state index is 12.0. The summed E-state index contributed by atoms with van der Waals surface area (Å²) < 4.78 is 50.4. The summed E-state index contributed by atoms with van der Waals surface area (Å²) in [6.45, 7) is -0.175. The monoisotopic (exact) mass is 437 g/mol. The van der Waals surface area contributed by atoms with E-state index in [2.05, 4.69) is 4.72 Å². The van der Waals surface area contributed by atoms with E-state index in [1.165, 1.54) is 12.1 Å². The van der Waals surface area contributed by atoms with Gasteiger partial charge in [0.1, 0.15) is 5.75 Å². The highest BCUT2D eigenvalue weighted by atomic mass is 35.5. The third kappa shape index (κ3) is 6.67. The second kappa shape index (κ2) is 8.93. The van der Waals surface area contributed by atoms with Crippen molar-refractivity contribution in [3.63, 3.8) is 0 Å². The number of halogens is 1. The van der Waals surface area contributed by atoms with Gasteiger partial charge < -0.3 is 0 Å². The molecule has 0 aliphatic heterocycles. The lowest BCUT2D eigenvalue weighted by Gasteiger charge is -2.09. The maximum absolute atomic E-state index is 12.0.